The minimum atomic E-state index is -0.176. The first kappa shape index (κ1) is 13.7. The zero-order valence-corrected chi connectivity index (χ0v) is 11.4. The molecule has 1 fully saturated rings. The summed E-state index contributed by atoms with van der Waals surface area (Å²) in [5.41, 5.74) is 1.05. The Morgan fingerprint density at radius 1 is 1.16 bits per heavy atom. The molecule has 0 aromatic heterocycles. The summed E-state index contributed by atoms with van der Waals surface area (Å²) in [5, 5.41) is 3.23. The SMILES string of the molecule is COC(=O)C1CNCC1c1ccc(OC)c(OC)c1. The summed E-state index contributed by atoms with van der Waals surface area (Å²) in [5.74, 6) is 1.14. The second kappa shape index (κ2) is 5.93. The zero-order chi connectivity index (χ0) is 13.8. The Balaban J connectivity index is 2.28. The topological polar surface area (TPSA) is 56.8 Å². The molecule has 2 unspecified atom stereocenters. The van der Waals surface area contributed by atoms with Gasteiger partial charge in [0.1, 0.15) is 0 Å². The first-order chi connectivity index (χ1) is 9.21. The molecule has 0 aliphatic carbocycles. The van der Waals surface area contributed by atoms with Crippen molar-refractivity contribution in [2.24, 2.45) is 5.92 Å². The van der Waals surface area contributed by atoms with Gasteiger partial charge >= 0.3 is 5.97 Å². The van der Waals surface area contributed by atoms with Gasteiger partial charge in [0.05, 0.1) is 27.2 Å². The normalized spacial score (nSPS) is 22.1. The van der Waals surface area contributed by atoms with Crippen LogP contribution >= 0.6 is 0 Å². The van der Waals surface area contributed by atoms with Crippen LogP contribution in [0, 0.1) is 5.92 Å². The number of esters is 1. The lowest BCUT2D eigenvalue weighted by Crippen LogP contribution is -2.23. The second-order valence-electron chi connectivity index (χ2n) is 4.51. The first-order valence-corrected chi connectivity index (χ1v) is 6.21. The van der Waals surface area contributed by atoms with Gasteiger partial charge in [-0.15, -0.1) is 0 Å². The summed E-state index contributed by atoms with van der Waals surface area (Å²) in [6.07, 6.45) is 0. The first-order valence-electron chi connectivity index (χ1n) is 6.21. The van der Waals surface area contributed by atoms with E-state index in [9.17, 15) is 4.79 Å². The molecule has 0 amide bonds. The van der Waals surface area contributed by atoms with E-state index in [1.807, 2.05) is 18.2 Å². The summed E-state index contributed by atoms with van der Waals surface area (Å²) in [7, 11) is 4.63. The third kappa shape index (κ3) is 2.66. The standard InChI is InChI=1S/C14H19NO4/c1-17-12-5-4-9(6-13(12)18-2)10-7-15-8-11(10)14(16)19-3/h4-6,10-11,15H,7-8H2,1-3H3. The Labute approximate surface area is 112 Å². The summed E-state index contributed by atoms with van der Waals surface area (Å²) in [6.45, 7) is 1.40. The van der Waals surface area contributed by atoms with Crippen LogP contribution in [0.1, 0.15) is 11.5 Å². The molecule has 1 aromatic rings. The quantitative estimate of drug-likeness (QED) is 0.828. The number of hydrogen-bond donors (Lipinski definition) is 1. The number of carbonyl (C=O) groups is 1. The van der Waals surface area contributed by atoms with Gasteiger partial charge in [-0.1, -0.05) is 6.07 Å². The third-order valence-corrected chi connectivity index (χ3v) is 3.55. The predicted octanol–water partition coefficient (Wildman–Crippen LogP) is 1.18. The fourth-order valence-electron chi connectivity index (χ4n) is 2.51. The van der Waals surface area contributed by atoms with Gasteiger partial charge in [-0.25, -0.2) is 0 Å². The minimum Gasteiger partial charge on any atom is -0.493 e. The molecule has 1 aliphatic rings. The zero-order valence-electron chi connectivity index (χ0n) is 11.4. The van der Waals surface area contributed by atoms with Crippen LogP contribution in [0.4, 0.5) is 0 Å². The molecule has 104 valence electrons. The van der Waals surface area contributed by atoms with Crippen LogP contribution < -0.4 is 14.8 Å². The fraction of sp³-hybridized carbons (Fsp3) is 0.500. The van der Waals surface area contributed by atoms with E-state index in [-0.39, 0.29) is 17.8 Å². The maximum atomic E-state index is 11.8. The molecular formula is C14H19NO4. The second-order valence-corrected chi connectivity index (χ2v) is 4.51. The highest BCUT2D eigenvalue weighted by molar-refractivity contribution is 5.74. The molecule has 5 heteroatoms. The Morgan fingerprint density at radius 3 is 2.53 bits per heavy atom. The monoisotopic (exact) mass is 265 g/mol. The molecule has 1 aromatic carbocycles. The van der Waals surface area contributed by atoms with Crippen LogP contribution in [-0.4, -0.2) is 40.4 Å². The number of carbonyl (C=O) groups excluding carboxylic acids is 1. The fourth-order valence-corrected chi connectivity index (χ4v) is 2.51. The number of methoxy groups -OCH3 is 3. The molecule has 5 nitrogen and oxygen atoms in total. The Kier molecular flexibility index (Phi) is 4.27. The number of ether oxygens (including phenoxy) is 3. The van der Waals surface area contributed by atoms with Gasteiger partial charge in [-0.3, -0.25) is 4.79 Å². The molecule has 1 N–H and O–H groups in total. The van der Waals surface area contributed by atoms with Crippen molar-refractivity contribution >= 4 is 5.97 Å². The van der Waals surface area contributed by atoms with Crippen LogP contribution in [0.3, 0.4) is 0 Å². The van der Waals surface area contributed by atoms with E-state index >= 15 is 0 Å². The van der Waals surface area contributed by atoms with Crippen molar-refractivity contribution < 1.29 is 19.0 Å². The van der Waals surface area contributed by atoms with Crippen molar-refractivity contribution in [3.63, 3.8) is 0 Å². The van der Waals surface area contributed by atoms with E-state index in [1.165, 1.54) is 7.11 Å². The minimum absolute atomic E-state index is 0.104. The Bertz CT molecular complexity index is 461. The summed E-state index contributed by atoms with van der Waals surface area (Å²) in [4.78, 5) is 11.8. The van der Waals surface area contributed by atoms with Crippen LogP contribution in [0.25, 0.3) is 0 Å². The van der Waals surface area contributed by atoms with Crippen LogP contribution in [0.5, 0.6) is 11.5 Å². The smallest absolute Gasteiger partial charge is 0.310 e. The number of rotatable bonds is 4. The van der Waals surface area contributed by atoms with E-state index in [2.05, 4.69) is 5.32 Å². The van der Waals surface area contributed by atoms with Gasteiger partial charge in [-0.2, -0.15) is 0 Å². The van der Waals surface area contributed by atoms with Gasteiger partial charge in [0.2, 0.25) is 0 Å². The molecule has 0 radical (unpaired) electrons. The maximum Gasteiger partial charge on any atom is 0.310 e. The number of hydrogen-bond acceptors (Lipinski definition) is 5. The lowest BCUT2D eigenvalue weighted by Gasteiger charge is -2.18. The van der Waals surface area contributed by atoms with Gasteiger partial charge in [0.25, 0.3) is 0 Å². The van der Waals surface area contributed by atoms with E-state index in [0.717, 1.165) is 12.1 Å². The van der Waals surface area contributed by atoms with E-state index < -0.39 is 0 Å². The van der Waals surface area contributed by atoms with E-state index in [0.29, 0.717) is 18.0 Å². The van der Waals surface area contributed by atoms with Gasteiger partial charge < -0.3 is 19.5 Å². The summed E-state index contributed by atoms with van der Waals surface area (Å²) in [6, 6.07) is 5.75. The van der Waals surface area contributed by atoms with E-state index in [4.69, 9.17) is 14.2 Å². The average Bonchev–Trinajstić information content (AvgIpc) is 2.95. The van der Waals surface area contributed by atoms with Crippen molar-refractivity contribution in [2.45, 2.75) is 5.92 Å². The van der Waals surface area contributed by atoms with Crippen LogP contribution in [-0.2, 0) is 9.53 Å². The van der Waals surface area contributed by atoms with Crippen molar-refractivity contribution in [1.82, 2.24) is 5.32 Å². The molecule has 2 rings (SSSR count). The molecule has 1 aliphatic heterocycles. The Hall–Kier alpha value is -1.75. The van der Waals surface area contributed by atoms with Crippen LogP contribution in [0.15, 0.2) is 18.2 Å². The molecular weight excluding hydrogens is 246 g/mol. The molecule has 0 saturated carbocycles. The third-order valence-electron chi connectivity index (χ3n) is 3.55. The lowest BCUT2D eigenvalue weighted by molar-refractivity contribution is -0.145. The van der Waals surface area contributed by atoms with Crippen LogP contribution in [0.2, 0.25) is 0 Å². The molecule has 19 heavy (non-hydrogen) atoms. The number of nitrogens with one attached hydrogen (secondary N) is 1. The van der Waals surface area contributed by atoms with Crippen molar-refractivity contribution in [2.75, 3.05) is 34.4 Å². The van der Waals surface area contributed by atoms with Gasteiger partial charge in [-0.05, 0) is 17.7 Å². The van der Waals surface area contributed by atoms with Gasteiger partial charge in [0.15, 0.2) is 11.5 Å². The molecule has 0 bridgehead atoms. The molecule has 1 saturated heterocycles. The highest BCUT2D eigenvalue weighted by Gasteiger charge is 2.35. The van der Waals surface area contributed by atoms with Crippen molar-refractivity contribution in [3.05, 3.63) is 23.8 Å². The lowest BCUT2D eigenvalue weighted by atomic mass is 9.89. The summed E-state index contributed by atoms with van der Waals surface area (Å²) >= 11 is 0. The predicted molar refractivity (Wildman–Crippen MR) is 70.7 cm³/mol. The van der Waals surface area contributed by atoms with Gasteiger partial charge in [0, 0.05) is 19.0 Å². The maximum absolute atomic E-state index is 11.8. The van der Waals surface area contributed by atoms with Crippen molar-refractivity contribution in [3.8, 4) is 11.5 Å². The van der Waals surface area contributed by atoms with E-state index in [1.54, 1.807) is 14.2 Å². The largest absolute Gasteiger partial charge is 0.493 e. The van der Waals surface area contributed by atoms with Crippen molar-refractivity contribution in [1.29, 1.82) is 0 Å². The summed E-state index contributed by atoms with van der Waals surface area (Å²) < 4.78 is 15.4. The molecule has 0 spiro atoms. The highest BCUT2D eigenvalue weighted by atomic mass is 16.5. The number of benzene rings is 1. The molecule has 2 atom stereocenters. The molecule has 1 heterocycles. The Morgan fingerprint density at radius 2 is 1.89 bits per heavy atom. The average molecular weight is 265 g/mol. The highest BCUT2D eigenvalue weighted by Crippen LogP contribution is 2.35.